The molecule has 9 heteroatoms. The molecule has 136 valence electrons. The van der Waals surface area contributed by atoms with E-state index in [0.717, 1.165) is 5.56 Å². The Kier molecular flexibility index (Phi) is 5.84. The van der Waals surface area contributed by atoms with Gasteiger partial charge in [-0.15, -0.1) is 5.10 Å². The zero-order valence-corrected chi connectivity index (χ0v) is 15.1. The third kappa shape index (κ3) is 4.12. The second-order valence-corrected chi connectivity index (χ2v) is 5.46. The van der Waals surface area contributed by atoms with Crippen molar-refractivity contribution in [3.05, 3.63) is 47.9 Å². The monoisotopic (exact) mass is 355 g/mol. The zero-order valence-electron chi connectivity index (χ0n) is 15.1. The highest BCUT2D eigenvalue weighted by Crippen LogP contribution is 2.17. The quantitative estimate of drug-likeness (QED) is 0.594. The maximum atomic E-state index is 12.0. The van der Waals surface area contributed by atoms with Gasteiger partial charge in [0.25, 0.3) is 11.8 Å². The number of benzene rings is 1. The third-order valence-electron chi connectivity index (χ3n) is 3.44. The van der Waals surface area contributed by atoms with E-state index in [1.807, 2.05) is 0 Å². The van der Waals surface area contributed by atoms with Crippen LogP contribution in [0.5, 0.6) is 0 Å². The molecule has 0 fully saturated rings. The van der Waals surface area contributed by atoms with Crippen molar-refractivity contribution in [3.63, 3.8) is 0 Å². The van der Waals surface area contributed by atoms with E-state index in [1.165, 1.54) is 11.9 Å². The van der Waals surface area contributed by atoms with Crippen molar-refractivity contribution in [3.8, 4) is 0 Å². The van der Waals surface area contributed by atoms with Crippen LogP contribution in [0.2, 0.25) is 0 Å². The maximum absolute atomic E-state index is 12.0. The molecular weight excluding hydrogens is 334 g/mol. The molecule has 0 aliphatic heterocycles. The molecule has 0 atom stereocenters. The molecule has 0 unspecified atom stereocenters. The van der Waals surface area contributed by atoms with E-state index in [0.29, 0.717) is 11.3 Å². The first-order valence-corrected chi connectivity index (χ1v) is 7.71. The first-order valence-electron chi connectivity index (χ1n) is 7.71. The van der Waals surface area contributed by atoms with E-state index in [9.17, 15) is 4.79 Å². The lowest BCUT2D eigenvalue weighted by molar-refractivity contribution is 0.0827. The molecule has 1 aromatic heterocycles. The second-order valence-electron chi connectivity index (χ2n) is 5.46. The van der Waals surface area contributed by atoms with Crippen molar-refractivity contribution in [2.75, 3.05) is 33.5 Å². The molecule has 1 aromatic carbocycles. The van der Waals surface area contributed by atoms with Gasteiger partial charge in [-0.05, 0) is 17.7 Å². The Morgan fingerprint density at radius 1 is 1.23 bits per heavy atom. The van der Waals surface area contributed by atoms with E-state index < -0.39 is 0 Å². The Morgan fingerprint density at radius 2 is 1.85 bits per heavy atom. The van der Waals surface area contributed by atoms with Crippen LogP contribution in [0.25, 0.3) is 5.70 Å². The molecule has 0 spiro atoms. The van der Waals surface area contributed by atoms with Crippen LogP contribution in [0.15, 0.2) is 45.2 Å². The number of nitrogens with zero attached hydrogens (tertiary/aromatic N) is 5. The Morgan fingerprint density at radius 3 is 2.35 bits per heavy atom. The highest BCUT2D eigenvalue weighted by molar-refractivity contribution is 6.46. The van der Waals surface area contributed by atoms with E-state index in [-0.39, 0.29) is 29.4 Å². The van der Waals surface area contributed by atoms with Crippen molar-refractivity contribution in [1.82, 2.24) is 15.1 Å². The summed E-state index contributed by atoms with van der Waals surface area (Å²) in [6, 6.07) is 7.16. The van der Waals surface area contributed by atoms with Crippen LogP contribution in [0.3, 0.4) is 0 Å². The minimum atomic E-state index is -0.0841. The smallest absolute Gasteiger partial charge is 0.315 e. The number of aliphatic imine (C=N–C) groups is 2. The van der Waals surface area contributed by atoms with Crippen LogP contribution in [0, 0.1) is 0 Å². The van der Waals surface area contributed by atoms with Gasteiger partial charge < -0.3 is 20.4 Å². The number of anilines is 1. The highest BCUT2D eigenvalue weighted by Gasteiger charge is 2.17. The standard InChI is InChI=1S/C17H21N7O2/c1-10(11-6-8-12(9-7-11)16(25)24(4)5)21-13(14(18)19-2)15-22-23-17(20-3)26-15/h6-9H,1H2,2-5H3,(H2,18,19)(H,20,23). The Labute approximate surface area is 151 Å². The summed E-state index contributed by atoms with van der Waals surface area (Å²) in [7, 11) is 6.58. The van der Waals surface area contributed by atoms with Gasteiger partial charge in [-0.1, -0.05) is 23.8 Å². The number of rotatable bonds is 6. The summed E-state index contributed by atoms with van der Waals surface area (Å²) in [6.07, 6.45) is 0. The normalized spacial score (nSPS) is 12.0. The largest absolute Gasteiger partial charge is 0.402 e. The van der Waals surface area contributed by atoms with Gasteiger partial charge >= 0.3 is 6.01 Å². The summed E-state index contributed by atoms with van der Waals surface area (Å²) in [5.41, 5.74) is 7.83. The summed E-state index contributed by atoms with van der Waals surface area (Å²) >= 11 is 0. The molecule has 2 rings (SSSR count). The van der Waals surface area contributed by atoms with E-state index in [1.54, 1.807) is 45.4 Å². The predicted octanol–water partition coefficient (Wildman–Crippen LogP) is 1.26. The van der Waals surface area contributed by atoms with Gasteiger partial charge in [-0.25, -0.2) is 4.99 Å². The lowest BCUT2D eigenvalue weighted by Crippen LogP contribution is -2.25. The Hall–Kier alpha value is -3.49. The molecule has 0 saturated heterocycles. The number of carbonyl (C=O) groups is 1. The summed E-state index contributed by atoms with van der Waals surface area (Å²) in [6.45, 7) is 3.94. The Balaban J connectivity index is 2.34. The molecule has 0 radical (unpaired) electrons. The number of amides is 1. The minimum absolute atomic E-state index is 0.0841. The summed E-state index contributed by atoms with van der Waals surface area (Å²) in [4.78, 5) is 21.8. The second kappa shape index (κ2) is 8.06. The molecule has 0 bridgehead atoms. The third-order valence-corrected chi connectivity index (χ3v) is 3.44. The molecule has 0 saturated carbocycles. The summed E-state index contributed by atoms with van der Waals surface area (Å²) in [5.74, 6) is 0.175. The van der Waals surface area contributed by atoms with Crippen molar-refractivity contribution >= 4 is 29.2 Å². The lowest BCUT2D eigenvalue weighted by atomic mass is 10.1. The van der Waals surface area contributed by atoms with Crippen LogP contribution in [0.4, 0.5) is 6.01 Å². The molecule has 1 amide bonds. The van der Waals surface area contributed by atoms with Crippen molar-refractivity contribution in [2.24, 2.45) is 15.7 Å². The number of hydrogen-bond acceptors (Lipinski definition) is 7. The lowest BCUT2D eigenvalue weighted by Gasteiger charge is -2.10. The van der Waals surface area contributed by atoms with Crippen molar-refractivity contribution in [2.45, 2.75) is 0 Å². The number of amidine groups is 1. The van der Waals surface area contributed by atoms with E-state index >= 15 is 0 Å². The van der Waals surface area contributed by atoms with E-state index in [4.69, 9.17) is 10.2 Å². The van der Waals surface area contributed by atoms with Gasteiger partial charge in [0, 0.05) is 33.8 Å². The minimum Gasteiger partial charge on any atom is -0.402 e. The highest BCUT2D eigenvalue weighted by atomic mass is 16.4. The average Bonchev–Trinajstić information content (AvgIpc) is 3.13. The van der Waals surface area contributed by atoms with Gasteiger partial charge in [0.15, 0.2) is 5.71 Å². The summed E-state index contributed by atoms with van der Waals surface area (Å²) in [5, 5.41) is 10.4. The number of carbonyl (C=O) groups excluding carboxylic acids is 1. The molecule has 2 aromatic rings. The molecule has 26 heavy (non-hydrogen) atoms. The zero-order chi connectivity index (χ0) is 19.3. The molecular formula is C17H21N7O2. The average molecular weight is 355 g/mol. The summed E-state index contributed by atoms with van der Waals surface area (Å²) < 4.78 is 5.42. The van der Waals surface area contributed by atoms with Gasteiger partial charge in [-0.2, -0.15) is 0 Å². The molecule has 9 nitrogen and oxygen atoms in total. The van der Waals surface area contributed by atoms with Gasteiger partial charge in [0.2, 0.25) is 0 Å². The van der Waals surface area contributed by atoms with Gasteiger partial charge in [-0.3, -0.25) is 9.79 Å². The van der Waals surface area contributed by atoms with Gasteiger partial charge in [0.05, 0.1) is 5.70 Å². The molecule has 1 heterocycles. The maximum Gasteiger partial charge on any atom is 0.315 e. The topological polar surface area (TPSA) is 122 Å². The SMILES string of the molecule is C=C(N=C(C(N)=NC)c1nnc(NC)o1)c1ccc(C(=O)N(C)C)cc1. The van der Waals surface area contributed by atoms with Crippen LogP contribution in [-0.4, -0.2) is 60.7 Å². The van der Waals surface area contributed by atoms with Crippen molar-refractivity contribution < 1.29 is 9.21 Å². The molecule has 0 aliphatic carbocycles. The fourth-order valence-corrected chi connectivity index (χ4v) is 2.00. The molecule has 3 N–H and O–H groups in total. The first-order chi connectivity index (χ1) is 12.4. The predicted molar refractivity (Wildman–Crippen MR) is 101 cm³/mol. The van der Waals surface area contributed by atoms with Gasteiger partial charge in [0.1, 0.15) is 5.84 Å². The van der Waals surface area contributed by atoms with Crippen LogP contribution < -0.4 is 11.1 Å². The first kappa shape index (κ1) is 18.8. The Bertz CT molecular complexity index is 863. The fraction of sp³-hybridized carbons (Fsp3) is 0.235. The van der Waals surface area contributed by atoms with E-state index in [2.05, 4.69) is 32.1 Å². The number of nitrogens with two attached hydrogens (primary N) is 1. The number of nitrogens with one attached hydrogen (secondary N) is 1. The molecule has 0 aliphatic rings. The van der Waals surface area contributed by atoms with Crippen LogP contribution >= 0.6 is 0 Å². The van der Waals surface area contributed by atoms with Crippen molar-refractivity contribution in [1.29, 1.82) is 0 Å². The fourth-order valence-electron chi connectivity index (χ4n) is 2.00. The number of aromatic nitrogens is 2. The van der Waals surface area contributed by atoms with Crippen LogP contribution in [-0.2, 0) is 0 Å². The number of hydrogen-bond donors (Lipinski definition) is 2. The van der Waals surface area contributed by atoms with Crippen LogP contribution in [0.1, 0.15) is 21.8 Å².